The van der Waals surface area contributed by atoms with E-state index in [0.717, 1.165) is 34.6 Å². The van der Waals surface area contributed by atoms with Gasteiger partial charge in [-0.05, 0) is 55.7 Å². The molecule has 1 aromatic carbocycles. The van der Waals surface area contributed by atoms with Gasteiger partial charge < -0.3 is 15.8 Å². The van der Waals surface area contributed by atoms with Gasteiger partial charge in [0.15, 0.2) is 0 Å². The molecule has 2 unspecified atom stereocenters. The molecule has 0 radical (unpaired) electrons. The molecule has 2 heterocycles. The zero-order valence-electron chi connectivity index (χ0n) is 14.7. The van der Waals surface area contributed by atoms with E-state index in [-0.39, 0.29) is 5.91 Å². The monoisotopic (exact) mass is 368 g/mol. The Morgan fingerprint density at radius 3 is 2.77 bits per heavy atom. The van der Waals surface area contributed by atoms with Crippen molar-refractivity contribution in [3.8, 4) is 16.2 Å². The topological polar surface area (TPSA) is 64.3 Å². The van der Waals surface area contributed by atoms with E-state index < -0.39 is 0 Å². The second-order valence-corrected chi connectivity index (χ2v) is 8.98. The molecule has 1 aromatic heterocycles. The lowest BCUT2D eigenvalue weighted by atomic mass is 9.67. The molecule has 0 spiro atoms. The van der Waals surface area contributed by atoms with Crippen molar-refractivity contribution in [3.63, 3.8) is 0 Å². The predicted molar refractivity (Wildman–Crippen MR) is 103 cm³/mol. The third-order valence-electron chi connectivity index (χ3n) is 6.22. The van der Waals surface area contributed by atoms with Crippen molar-refractivity contribution in [3.05, 3.63) is 40.8 Å². The first-order chi connectivity index (χ1) is 12.7. The van der Waals surface area contributed by atoms with Crippen LogP contribution in [-0.2, 0) is 6.61 Å². The minimum absolute atomic E-state index is 0.0688. The second kappa shape index (κ2) is 6.39. The van der Waals surface area contributed by atoms with Crippen LogP contribution in [0.2, 0.25) is 0 Å². The quantitative estimate of drug-likeness (QED) is 0.844. The van der Waals surface area contributed by atoms with Crippen LogP contribution >= 0.6 is 11.3 Å². The molecular weight excluding hydrogens is 344 g/mol. The fraction of sp³-hybridized carbons (Fsp3) is 0.476. The first-order valence-electron chi connectivity index (χ1n) is 9.60. The highest BCUT2D eigenvalue weighted by Gasteiger charge is 2.40. The minimum Gasteiger partial charge on any atom is -0.488 e. The highest BCUT2D eigenvalue weighted by molar-refractivity contribution is 7.17. The van der Waals surface area contributed by atoms with Gasteiger partial charge in [-0.2, -0.15) is 0 Å². The molecule has 1 amide bonds. The summed E-state index contributed by atoms with van der Waals surface area (Å²) in [6.45, 7) is 0.541. The maximum absolute atomic E-state index is 13.0. The first-order valence-corrected chi connectivity index (χ1v) is 10.4. The standard InChI is InChI=1S/C21H24N2O2S/c22-15-8-12-4-3-5-13(9-15)19(12)23-21(24)18-10-14-11-25-17-7-2-1-6-16(17)20(14)26-18/h1-2,6-7,10,12-13,15,19H,3-5,8-9,11,22H2,(H,23,24). The number of hydrogen-bond acceptors (Lipinski definition) is 4. The number of benzene rings is 1. The highest BCUT2D eigenvalue weighted by Crippen LogP contribution is 2.43. The zero-order valence-corrected chi connectivity index (χ0v) is 15.6. The van der Waals surface area contributed by atoms with E-state index in [0.29, 0.717) is 30.5 Å². The number of carbonyl (C=O) groups is 1. The molecular formula is C21H24N2O2S. The average Bonchev–Trinajstić information content (AvgIpc) is 3.07. The maximum atomic E-state index is 13.0. The van der Waals surface area contributed by atoms with Crippen LogP contribution in [0.15, 0.2) is 30.3 Å². The van der Waals surface area contributed by atoms with Crippen LogP contribution in [0.1, 0.15) is 47.3 Å². The average molecular weight is 369 g/mol. The SMILES string of the molecule is NC1CC2CCCC(C1)C2NC(=O)c1cc2c(s1)-c1ccccc1OC2. The normalized spacial score (nSPS) is 29.3. The van der Waals surface area contributed by atoms with Gasteiger partial charge in [0.2, 0.25) is 0 Å². The molecule has 4 nitrogen and oxygen atoms in total. The van der Waals surface area contributed by atoms with Gasteiger partial charge in [0, 0.05) is 28.1 Å². The summed E-state index contributed by atoms with van der Waals surface area (Å²) in [6, 6.07) is 10.7. The fourth-order valence-corrected chi connectivity index (χ4v) is 6.16. The van der Waals surface area contributed by atoms with E-state index >= 15 is 0 Å². The molecule has 2 fully saturated rings. The van der Waals surface area contributed by atoms with Crippen molar-refractivity contribution in [1.82, 2.24) is 5.32 Å². The Hall–Kier alpha value is -1.85. The molecule has 2 aliphatic carbocycles. The van der Waals surface area contributed by atoms with Gasteiger partial charge in [-0.15, -0.1) is 11.3 Å². The molecule has 2 bridgehead atoms. The Bertz CT molecular complexity index is 832. The lowest BCUT2D eigenvalue weighted by molar-refractivity contribution is 0.0759. The number of amides is 1. The fourth-order valence-electron chi connectivity index (χ4n) is 5.06. The van der Waals surface area contributed by atoms with Crippen molar-refractivity contribution in [1.29, 1.82) is 0 Å². The van der Waals surface area contributed by atoms with Crippen molar-refractivity contribution in [2.75, 3.05) is 0 Å². The van der Waals surface area contributed by atoms with E-state index in [1.54, 1.807) is 11.3 Å². The summed E-state index contributed by atoms with van der Waals surface area (Å²) in [5, 5.41) is 3.37. The number of carbonyl (C=O) groups excluding carboxylic acids is 1. The smallest absolute Gasteiger partial charge is 0.261 e. The Morgan fingerprint density at radius 2 is 1.96 bits per heavy atom. The van der Waals surface area contributed by atoms with Crippen molar-refractivity contribution in [2.45, 2.75) is 50.8 Å². The maximum Gasteiger partial charge on any atom is 0.261 e. The molecule has 5 heteroatoms. The Labute approximate surface area is 157 Å². The minimum atomic E-state index is 0.0688. The number of ether oxygens (including phenoxy) is 1. The first kappa shape index (κ1) is 16.3. The number of fused-ring (bicyclic) bond motifs is 5. The van der Waals surface area contributed by atoms with E-state index in [1.807, 2.05) is 24.3 Å². The van der Waals surface area contributed by atoms with Crippen LogP contribution < -0.4 is 15.8 Å². The number of thiophene rings is 1. The number of nitrogens with one attached hydrogen (secondary N) is 1. The van der Waals surface area contributed by atoms with Crippen molar-refractivity contribution >= 4 is 17.2 Å². The Morgan fingerprint density at radius 1 is 1.19 bits per heavy atom. The van der Waals surface area contributed by atoms with E-state index in [1.165, 1.54) is 24.1 Å². The van der Waals surface area contributed by atoms with Gasteiger partial charge in [-0.1, -0.05) is 18.6 Å². The summed E-state index contributed by atoms with van der Waals surface area (Å²) in [6.07, 6.45) is 5.75. The molecule has 136 valence electrons. The van der Waals surface area contributed by atoms with Crippen LogP contribution in [0.3, 0.4) is 0 Å². The largest absolute Gasteiger partial charge is 0.488 e. The van der Waals surface area contributed by atoms with Crippen LogP contribution in [0.4, 0.5) is 0 Å². The van der Waals surface area contributed by atoms with Crippen molar-refractivity contribution < 1.29 is 9.53 Å². The van der Waals surface area contributed by atoms with Gasteiger partial charge >= 0.3 is 0 Å². The molecule has 0 saturated heterocycles. The molecule has 3 aliphatic rings. The molecule has 2 saturated carbocycles. The predicted octanol–water partition coefficient (Wildman–Crippen LogP) is 3.94. The van der Waals surface area contributed by atoms with Crippen LogP contribution in [0.5, 0.6) is 5.75 Å². The van der Waals surface area contributed by atoms with Gasteiger partial charge in [0.25, 0.3) is 5.91 Å². The van der Waals surface area contributed by atoms with E-state index in [9.17, 15) is 4.79 Å². The lowest BCUT2D eigenvalue weighted by Gasteiger charge is -2.45. The van der Waals surface area contributed by atoms with Crippen LogP contribution in [-0.4, -0.2) is 18.0 Å². The summed E-state index contributed by atoms with van der Waals surface area (Å²) < 4.78 is 5.83. The number of para-hydroxylation sites is 1. The Kier molecular flexibility index (Phi) is 4.02. The number of hydrogen-bond donors (Lipinski definition) is 2. The van der Waals surface area contributed by atoms with Gasteiger partial charge in [0.05, 0.1) is 4.88 Å². The summed E-state index contributed by atoms with van der Waals surface area (Å²) in [7, 11) is 0. The van der Waals surface area contributed by atoms with Crippen LogP contribution in [0, 0.1) is 11.8 Å². The van der Waals surface area contributed by atoms with Crippen LogP contribution in [0.25, 0.3) is 10.4 Å². The summed E-state index contributed by atoms with van der Waals surface area (Å²) in [5.74, 6) is 2.06. The molecule has 3 N–H and O–H groups in total. The summed E-state index contributed by atoms with van der Waals surface area (Å²) >= 11 is 1.59. The molecule has 5 rings (SSSR count). The third kappa shape index (κ3) is 2.74. The molecule has 26 heavy (non-hydrogen) atoms. The van der Waals surface area contributed by atoms with Gasteiger partial charge in [-0.3, -0.25) is 4.79 Å². The highest BCUT2D eigenvalue weighted by atomic mass is 32.1. The van der Waals surface area contributed by atoms with E-state index in [2.05, 4.69) is 11.4 Å². The van der Waals surface area contributed by atoms with E-state index in [4.69, 9.17) is 10.5 Å². The Balaban J connectivity index is 1.38. The second-order valence-electron chi connectivity index (χ2n) is 7.93. The zero-order chi connectivity index (χ0) is 17.7. The van der Waals surface area contributed by atoms with Gasteiger partial charge in [0.1, 0.15) is 12.4 Å². The van der Waals surface area contributed by atoms with Gasteiger partial charge in [-0.25, -0.2) is 0 Å². The lowest BCUT2D eigenvalue weighted by Crippen LogP contribution is -2.53. The number of rotatable bonds is 2. The molecule has 2 aromatic rings. The summed E-state index contributed by atoms with van der Waals surface area (Å²) in [4.78, 5) is 14.9. The van der Waals surface area contributed by atoms with Crippen molar-refractivity contribution in [2.24, 2.45) is 17.6 Å². The third-order valence-corrected chi connectivity index (χ3v) is 7.43. The summed E-state index contributed by atoms with van der Waals surface area (Å²) in [5.41, 5.74) is 8.43. The number of nitrogens with two attached hydrogens (primary N) is 1. The molecule has 2 atom stereocenters. The molecule has 1 aliphatic heterocycles.